The van der Waals surface area contributed by atoms with E-state index in [2.05, 4.69) is 19.2 Å². The average molecular weight is 221 g/mol. The molecule has 1 unspecified atom stereocenters. The lowest BCUT2D eigenvalue weighted by molar-refractivity contribution is 0.168. The van der Waals surface area contributed by atoms with Gasteiger partial charge in [0.1, 0.15) is 5.76 Å². The Kier molecular flexibility index (Phi) is 3.70. The smallest absolute Gasteiger partial charge is 0.105 e. The Morgan fingerprint density at radius 3 is 3.00 bits per heavy atom. The van der Waals surface area contributed by atoms with Gasteiger partial charge in [-0.2, -0.15) is 0 Å². The second-order valence-electron chi connectivity index (χ2n) is 5.57. The maximum Gasteiger partial charge on any atom is 0.105 e. The molecule has 16 heavy (non-hydrogen) atoms. The summed E-state index contributed by atoms with van der Waals surface area (Å²) >= 11 is 0. The lowest BCUT2D eigenvalue weighted by Gasteiger charge is -2.39. The van der Waals surface area contributed by atoms with E-state index < -0.39 is 0 Å². The van der Waals surface area contributed by atoms with Crippen LogP contribution in [0.2, 0.25) is 0 Å². The molecule has 1 fully saturated rings. The van der Waals surface area contributed by atoms with Crippen LogP contribution < -0.4 is 5.32 Å². The quantitative estimate of drug-likeness (QED) is 0.843. The van der Waals surface area contributed by atoms with Gasteiger partial charge >= 0.3 is 0 Å². The van der Waals surface area contributed by atoms with Crippen molar-refractivity contribution in [3.05, 3.63) is 24.2 Å². The Balaban J connectivity index is 1.76. The highest BCUT2D eigenvalue weighted by molar-refractivity contribution is 4.99. The zero-order valence-electron chi connectivity index (χ0n) is 10.5. The van der Waals surface area contributed by atoms with Crippen LogP contribution in [0.3, 0.4) is 0 Å². The summed E-state index contributed by atoms with van der Waals surface area (Å²) in [4.78, 5) is 0. The number of nitrogens with one attached hydrogen (secondary N) is 1. The molecule has 90 valence electrons. The standard InChI is InChI=1S/C14H23NO/c1-14(2)9-4-3-7-13(14)15-10-8-12-6-5-11-16-12/h5-6,11,13,15H,3-4,7-10H2,1-2H3. The molecule has 2 nitrogen and oxygen atoms in total. The molecule has 1 aliphatic carbocycles. The van der Waals surface area contributed by atoms with E-state index in [9.17, 15) is 0 Å². The van der Waals surface area contributed by atoms with Crippen molar-refractivity contribution in [2.45, 2.75) is 52.0 Å². The summed E-state index contributed by atoms with van der Waals surface area (Å²) in [6, 6.07) is 4.68. The van der Waals surface area contributed by atoms with Gasteiger partial charge in [0.2, 0.25) is 0 Å². The molecule has 1 aliphatic rings. The molecular formula is C14H23NO. The van der Waals surface area contributed by atoms with Crippen molar-refractivity contribution in [3.63, 3.8) is 0 Å². The van der Waals surface area contributed by atoms with Gasteiger partial charge < -0.3 is 9.73 Å². The molecule has 0 saturated heterocycles. The Hall–Kier alpha value is -0.760. The minimum atomic E-state index is 0.460. The predicted molar refractivity (Wildman–Crippen MR) is 66.5 cm³/mol. The monoisotopic (exact) mass is 221 g/mol. The van der Waals surface area contributed by atoms with E-state index >= 15 is 0 Å². The zero-order valence-corrected chi connectivity index (χ0v) is 10.5. The number of hydrogen-bond acceptors (Lipinski definition) is 2. The molecule has 1 aromatic heterocycles. The van der Waals surface area contributed by atoms with Crippen LogP contribution >= 0.6 is 0 Å². The van der Waals surface area contributed by atoms with Gasteiger partial charge in [-0.1, -0.05) is 26.7 Å². The molecule has 0 amide bonds. The topological polar surface area (TPSA) is 25.2 Å². The first-order chi connectivity index (χ1) is 7.68. The minimum Gasteiger partial charge on any atom is -0.469 e. The molecule has 0 aliphatic heterocycles. The van der Waals surface area contributed by atoms with E-state index in [0.717, 1.165) is 18.7 Å². The highest BCUT2D eigenvalue weighted by Gasteiger charge is 2.31. The maximum atomic E-state index is 5.33. The second-order valence-corrected chi connectivity index (χ2v) is 5.57. The molecule has 1 N–H and O–H groups in total. The van der Waals surface area contributed by atoms with Gasteiger partial charge in [0.15, 0.2) is 0 Å². The third-order valence-corrected chi connectivity index (χ3v) is 3.85. The molecule has 2 rings (SSSR count). The number of furan rings is 1. The van der Waals surface area contributed by atoms with Gasteiger partial charge in [-0.3, -0.25) is 0 Å². The third kappa shape index (κ3) is 2.88. The van der Waals surface area contributed by atoms with Gasteiger partial charge in [-0.15, -0.1) is 0 Å². The minimum absolute atomic E-state index is 0.460. The Morgan fingerprint density at radius 2 is 2.31 bits per heavy atom. The predicted octanol–water partition coefficient (Wildman–Crippen LogP) is 3.38. The summed E-state index contributed by atoms with van der Waals surface area (Å²) in [6.07, 6.45) is 8.20. The van der Waals surface area contributed by atoms with Crippen LogP contribution in [0.25, 0.3) is 0 Å². The highest BCUT2D eigenvalue weighted by atomic mass is 16.3. The van der Waals surface area contributed by atoms with Crippen LogP contribution in [0.1, 0.15) is 45.3 Å². The maximum absolute atomic E-state index is 5.33. The van der Waals surface area contributed by atoms with Gasteiger partial charge in [-0.05, 0) is 30.4 Å². The largest absolute Gasteiger partial charge is 0.469 e. The first-order valence-corrected chi connectivity index (χ1v) is 6.44. The molecule has 0 spiro atoms. The van der Waals surface area contributed by atoms with E-state index in [-0.39, 0.29) is 0 Å². The van der Waals surface area contributed by atoms with Crippen LogP contribution in [0.4, 0.5) is 0 Å². The van der Waals surface area contributed by atoms with Crippen molar-refractivity contribution in [1.82, 2.24) is 5.32 Å². The van der Waals surface area contributed by atoms with E-state index in [4.69, 9.17) is 4.42 Å². The van der Waals surface area contributed by atoms with E-state index in [1.54, 1.807) is 6.26 Å². The summed E-state index contributed by atoms with van der Waals surface area (Å²) in [5.41, 5.74) is 0.460. The Labute approximate surface area is 98.4 Å². The second kappa shape index (κ2) is 5.05. The molecule has 1 saturated carbocycles. The van der Waals surface area contributed by atoms with E-state index in [1.807, 2.05) is 12.1 Å². The summed E-state index contributed by atoms with van der Waals surface area (Å²) in [6.45, 7) is 5.80. The van der Waals surface area contributed by atoms with Crippen molar-refractivity contribution in [2.24, 2.45) is 5.41 Å². The summed E-state index contributed by atoms with van der Waals surface area (Å²) in [5.74, 6) is 1.08. The summed E-state index contributed by atoms with van der Waals surface area (Å²) < 4.78 is 5.33. The first kappa shape index (κ1) is 11.7. The number of hydrogen-bond donors (Lipinski definition) is 1. The van der Waals surface area contributed by atoms with Gasteiger partial charge in [-0.25, -0.2) is 0 Å². The summed E-state index contributed by atoms with van der Waals surface area (Å²) in [5, 5.41) is 3.69. The molecule has 1 atom stereocenters. The van der Waals surface area contributed by atoms with Crippen LogP contribution in [-0.4, -0.2) is 12.6 Å². The van der Waals surface area contributed by atoms with Gasteiger partial charge in [0.25, 0.3) is 0 Å². The Bertz CT molecular complexity index is 303. The SMILES string of the molecule is CC1(C)CCCCC1NCCc1ccco1. The van der Waals surface area contributed by atoms with Crippen molar-refractivity contribution in [3.8, 4) is 0 Å². The number of rotatable bonds is 4. The normalized spacial score (nSPS) is 24.5. The van der Waals surface area contributed by atoms with E-state index in [0.29, 0.717) is 11.5 Å². The van der Waals surface area contributed by atoms with E-state index in [1.165, 1.54) is 25.7 Å². The lowest BCUT2D eigenvalue weighted by Crippen LogP contribution is -2.44. The van der Waals surface area contributed by atoms with Crippen molar-refractivity contribution in [2.75, 3.05) is 6.54 Å². The zero-order chi connectivity index (χ0) is 11.4. The molecule has 0 aromatic carbocycles. The van der Waals surface area contributed by atoms with Gasteiger partial charge in [0, 0.05) is 19.0 Å². The van der Waals surface area contributed by atoms with Crippen LogP contribution in [0.15, 0.2) is 22.8 Å². The lowest BCUT2D eigenvalue weighted by atomic mass is 9.73. The van der Waals surface area contributed by atoms with Crippen molar-refractivity contribution < 1.29 is 4.42 Å². The van der Waals surface area contributed by atoms with Crippen LogP contribution in [0.5, 0.6) is 0 Å². The molecule has 1 heterocycles. The Morgan fingerprint density at radius 1 is 1.44 bits per heavy atom. The fraction of sp³-hybridized carbons (Fsp3) is 0.714. The fourth-order valence-electron chi connectivity index (χ4n) is 2.70. The molecule has 2 heteroatoms. The van der Waals surface area contributed by atoms with Crippen LogP contribution in [-0.2, 0) is 6.42 Å². The average Bonchev–Trinajstić information content (AvgIpc) is 2.73. The van der Waals surface area contributed by atoms with Crippen molar-refractivity contribution >= 4 is 0 Å². The summed E-state index contributed by atoms with van der Waals surface area (Å²) in [7, 11) is 0. The molecule has 0 radical (unpaired) electrons. The van der Waals surface area contributed by atoms with Gasteiger partial charge in [0.05, 0.1) is 6.26 Å². The first-order valence-electron chi connectivity index (χ1n) is 6.44. The molecule has 1 aromatic rings. The van der Waals surface area contributed by atoms with Crippen molar-refractivity contribution in [1.29, 1.82) is 0 Å². The highest BCUT2D eigenvalue weighted by Crippen LogP contribution is 2.35. The molecular weight excluding hydrogens is 198 g/mol. The van der Waals surface area contributed by atoms with Crippen LogP contribution in [0, 0.1) is 5.41 Å². The molecule has 0 bridgehead atoms. The third-order valence-electron chi connectivity index (χ3n) is 3.85. The fourth-order valence-corrected chi connectivity index (χ4v) is 2.70.